The largest absolute Gasteiger partial charge is 0.325 e. The molecule has 0 aliphatic carbocycles. The molecule has 0 atom stereocenters. The number of thioether (sulfide) groups is 1. The van der Waals surface area contributed by atoms with Crippen LogP contribution in [0.25, 0.3) is 16.6 Å². The molecule has 10 heteroatoms. The van der Waals surface area contributed by atoms with Gasteiger partial charge in [-0.3, -0.25) is 9.20 Å². The first-order chi connectivity index (χ1) is 16.3. The Morgan fingerprint density at radius 1 is 1.03 bits per heavy atom. The zero-order valence-electron chi connectivity index (χ0n) is 19.6. The highest BCUT2D eigenvalue weighted by Crippen LogP contribution is 2.27. The van der Waals surface area contributed by atoms with Crippen molar-refractivity contribution in [1.29, 1.82) is 0 Å². The molecule has 1 amide bonds. The normalized spacial score (nSPS) is 12.0. The predicted octanol–water partition coefficient (Wildman–Crippen LogP) is 4.26. The molecule has 4 aromatic rings. The Kier molecular flexibility index (Phi) is 6.92. The number of benzene rings is 2. The highest BCUT2D eigenvalue weighted by atomic mass is 32.2. The zero-order valence-corrected chi connectivity index (χ0v) is 21.2. The maximum absolute atomic E-state index is 13.0. The fourth-order valence-electron chi connectivity index (χ4n) is 3.95. The molecule has 4 rings (SSSR count). The Labute approximate surface area is 203 Å². The molecule has 2 heterocycles. The summed E-state index contributed by atoms with van der Waals surface area (Å²) in [5.41, 5.74) is 3.89. The maximum atomic E-state index is 13.0. The Bertz CT molecular complexity index is 1480. The van der Waals surface area contributed by atoms with Crippen LogP contribution in [0, 0.1) is 13.8 Å². The molecule has 0 bridgehead atoms. The van der Waals surface area contributed by atoms with Crippen LogP contribution in [0.2, 0.25) is 0 Å². The lowest BCUT2D eigenvalue weighted by atomic mass is 10.1. The van der Waals surface area contributed by atoms with Crippen LogP contribution >= 0.6 is 11.8 Å². The molecule has 0 saturated carbocycles. The van der Waals surface area contributed by atoms with E-state index in [-0.39, 0.29) is 16.6 Å². The van der Waals surface area contributed by atoms with Crippen LogP contribution in [0.1, 0.15) is 25.0 Å². The number of carbonyl (C=O) groups is 1. The Balaban J connectivity index is 1.54. The lowest BCUT2D eigenvalue weighted by molar-refractivity contribution is -0.113. The van der Waals surface area contributed by atoms with Gasteiger partial charge >= 0.3 is 0 Å². The van der Waals surface area contributed by atoms with Crippen molar-refractivity contribution in [3.63, 3.8) is 0 Å². The van der Waals surface area contributed by atoms with Crippen LogP contribution in [-0.2, 0) is 14.8 Å². The van der Waals surface area contributed by atoms with Crippen molar-refractivity contribution < 1.29 is 13.2 Å². The second-order valence-electron chi connectivity index (χ2n) is 7.93. The van der Waals surface area contributed by atoms with Crippen molar-refractivity contribution in [2.75, 3.05) is 24.2 Å². The number of hydrogen-bond acceptors (Lipinski definition) is 6. The molecule has 0 aliphatic heterocycles. The molecule has 178 valence electrons. The van der Waals surface area contributed by atoms with Crippen molar-refractivity contribution in [2.24, 2.45) is 0 Å². The molecule has 0 spiro atoms. The minimum absolute atomic E-state index is 0.106. The molecule has 0 unspecified atom stereocenters. The van der Waals surface area contributed by atoms with Gasteiger partial charge in [-0.05, 0) is 49.2 Å². The van der Waals surface area contributed by atoms with Gasteiger partial charge < -0.3 is 5.32 Å². The number of para-hydroxylation sites is 1. The fourth-order valence-corrected chi connectivity index (χ4v) is 6.41. The van der Waals surface area contributed by atoms with E-state index in [0.29, 0.717) is 29.5 Å². The second kappa shape index (κ2) is 9.73. The van der Waals surface area contributed by atoms with E-state index in [1.54, 1.807) is 32.9 Å². The number of nitrogens with zero attached hydrogens (tertiary/aromatic N) is 4. The van der Waals surface area contributed by atoms with Crippen LogP contribution < -0.4 is 5.32 Å². The van der Waals surface area contributed by atoms with Gasteiger partial charge in [-0.25, -0.2) is 8.42 Å². The number of aryl methyl sites for hydroxylation is 2. The van der Waals surface area contributed by atoms with Crippen molar-refractivity contribution in [3.05, 3.63) is 59.7 Å². The Hall–Kier alpha value is -2.95. The number of amides is 1. The lowest BCUT2D eigenvalue weighted by Crippen LogP contribution is -2.31. The number of fused-ring (bicyclic) bond motifs is 3. The lowest BCUT2D eigenvalue weighted by Gasteiger charge is -2.20. The standard InChI is InChI=1S/C24H27N5O3S2/c1-5-28(6-2)34(31,32)21-14-18(12-11-16(21)3)25-23(30)15-33-24-27-26-22-13-17(4)19-9-7-8-10-20(19)29(22)24/h7-14H,5-6,15H2,1-4H3,(H,25,30). The molecule has 0 radical (unpaired) electrons. The number of sulfonamides is 1. The summed E-state index contributed by atoms with van der Waals surface area (Å²) in [5, 5.41) is 13.1. The predicted molar refractivity (Wildman–Crippen MR) is 136 cm³/mol. The summed E-state index contributed by atoms with van der Waals surface area (Å²) in [6.45, 7) is 8.15. The maximum Gasteiger partial charge on any atom is 0.243 e. The molecule has 0 fully saturated rings. The third kappa shape index (κ3) is 4.53. The van der Waals surface area contributed by atoms with Crippen molar-refractivity contribution in [3.8, 4) is 0 Å². The molecule has 1 N–H and O–H groups in total. The monoisotopic (exact) mass is 497 g/mol. The summed E-state index contributed by atoms with van der Waals surface area (Å²) in [7, 11) is -3.63. The Morgan fingerprint density at radius 3 is 2.50 bits per heavy atom. The first kappa shape index (κ1) is 24.2. The van der Waals surface area contributed by atoms with Gasteiger partial charge in [-0.15, -0.1) is 10.2 Å². The molecule has 34 heavy (non-hydrogen) atoms. The molecule has 0 aliphatic rings. The van der Waals surface area contributed by atoms with Crippen LogP contribution in [0.3, 0.4) is 0 Å². The molecular formula is C24H27N5O3S2. The number of anilines is 1. The van der Waals surface area contributed by atoms with Gasteiger partial charge in [-0.1, -0.05) is 49.9 Å². The minimum Gasteiger partial charge on any atom is -0.325 e. The third-order valence-corrected chi connectivity index (χ3v) is 8.82. The first-order valence-corrected chi connectivity index (χ1v) is 13.5. The van der Waals surface area contributed by atoms with Gasteiger partial charge in [0.15, 0.2) is 10.8 Å². The molecule has 2 aromatic carbocycles. The molecular weight excluding hydrogens is 470 g/mol. The van der Waals surface area contributed by atoms with Gasteiger partial charge in [0.05, 0.1) is 16.2 Å². The first-order valence-electron chi connectivity index (χ1n) is 11.0. The smallest absolute Gasteiger partial charge is 0.243 e. The van der Waals surface area contributed by atoms with E-state index in [0.717, 1.165) is 22.1 Å². The summed E-state index contributed by atoms with van der Waals surface area (Å²) in [4.78, 5) is 12.9. The van der Waals surface area contributed by atoms with E-state index in [4.69, 9.17) is 0 Å². The number of pyridine rings is 1. The van der Waals surface area contributed by atoms with Gasteiger partial charge in [0, 0.05) is 24.2 Å². The number of nitrogens with one attached hydrogen (secondary N) is 1. The number of rotatable bonds is 8. The SMILES string of the molecule is CCN(CC)S(=O)(=O)c1cc(NC(=O)CSc2nnc3cc(C)c4ccccc4n23)ccc1C. The quantitative estimate of drug-likeness (QED) is 0.366. The summed E-state index contributed by atoms with van der Waals surface area (Å²) in [6, 6.07) is 14.9. The zero-order chi connectivity index (χ0) is 24.5. The van der Waals surface area contributed by atoms with E-state index < -0.39 is 10.0 Å². The van der Waals surface area contributed by atoms with E-state index in [9.17, 15) is 13.2 Å². The second-order valence-corrected chi connectivity index (χ2v) is 10.8. The van der Waals surface area contributed by atoms with Gasteiger partial charge in [0.2, 0.25) is 15.9 Å². The average Bonchev–Trinajstić information content (AvgIpc) is 3.22. The average molecular weight is 498 g/mol. The van der Waals surface area contributed by atoms with Crippen molar-refractivity contribution in [1.82, 2.24) is 18.9 Å². The highest BCUT2D eigenvalue weighted by Gasteiger charge is 2.24. The molecule has 0 saturated heterocycles. The fraction of sp³-hybridized carbons (Fsp3) is 0.292. The topological polar surface area (TPSA) is 96.7 Å². The van der Waals surface area contributed by atoms with Gasteiger partial charge in [0.1, 0.15) is 0 Å². The number of hydrogen-bond donors (Lipinski definition) is 1. The summed E-state index contributed by atoms with van der Waals surface area (Å²) < 4.78 is 29.3. The van der Waals surface area contributed by atoms with E-state index in [1.807, 2.05) is 41.7 Å². The van der Waals surface area contributed by atoms with Crippen LogP contribution in [0.4, 0.5) is 5.69 Å². The minimum atomic E-state index is -3.63. The number of carbonyl (C=O) groups excluding carboxylic acids is 1. The van der Waals surface area contributed by atoms with E-state index in [2.05, 4.69) is 15.5 Å². The Morgan fingerprint density at radius 2 is 1.76 bits per heavy atom. The summed E-state index contributed by atoms with van der Waals surface area (Å²) in [6.07, 6.45) is 0. The third-order valence-electron chi connectivity index (χ3n) is 5.70. The van der Waals surface area contributed by atoms with Crippen molar-refractivity contribution in [2.45, 2.75) is 37.7 Å². The van der Waals surface area contributed by atoms with Gasteiger partial charge in [-0.2, -0.15) is 4.31 Å². The summed E-state index contributed by atoms with van der Waals surface area (Å²) >= 11 is 1.28. The van der Waals surface area contributed by atoms with E-state index >= 15 is 0 Å². The summed E-state index contributed by atoms with van der Waals surface area (Å²) in [5.74, 6) is -0.150. The van der Waals surface area contributed by atoms with Gasteiger partial charge in [0.25, 0.3) is 0 Å². The molecule has 2 aromatic heterocycles. The van der Waals surface area contributed by atoms with E-state index in [1.165, 1.54) is 22.1 Å². The van der Waals surface area contributed by atoms with Crippen LogP contribution in [0.5, 0.6) is 0 Å². The van der Waals surface area contributed by atoms with Crippen LogP contribution in [0.15, 0.2) is 58.6 Å². The number of aromatic nitrogens is 3. The molecule has 8 nitrogen and oxygen atoms in total. The van der Waals surface area contributed by atoms with Crippen LogP contribution in [-0.4, -0.2) is 52.1 Å². The van der Waals surface area contributed by atoms with Crippen molar-refractivity contribution >= 4 is 49.9 Å². The highest BCUT2D eigenvalue weighted by molar-refractivity contribution is 7.99.